The van der Waals surface area contributed by atoms with Crippen molar-refractivity contribution in [1.82, 2.24) is 0 Å². The molecular weight excluding hydrogens is 891 g/mol. The minimum atomic E-state index is -0.470. The van der Waals surface area contributed by atoms with Gasteiger partial charge in [-0.2, -0.15) is 0 Å². The molecule has 0 fully saturated rings. The van der Waals surface area contributed by atoms with Crippen molar-refractivity contribution in [2.45, 2.75) is 57.8 Å². The van der Waals surface area contributed by atoms with Gasteiger partial charge >= 0.3 is 0 Å². The van der Waals surface area contributed by atoms with Crippen LogP contribution in [0.4, 0.5) is 17.1 Å². The van der Waals surface area contributed by atoms with E-state index in [1.54, 1.807) is 0 Å². The second-order valence-electron chi connectivity index (χ2n) is 22.1. The van der Waals surface area contributed by atoms with Crippen LogP contribution in [0.3, 0.4) is 0 Å². The maximum absolute atomic E-state index is 2.45. The molecule has 0 heterocycles. The quantitative estimate of drug-likeness (QED) is 0.139. The van der Waals surface area contributed by atoms with E-state index in [1.165, 1.54) is 99.8 Å². The number of rotatable bonds is 9. The number of anilines is 3. The Hall–Kier alpha value is -8.52. The van der Waals surface area contributed by atoms with Gasteiger partial charge in [0.25, 0.3) is 0 Å². The molecule has 0 radical (unpaired) electrons. The molecule has 1 aliphatic rings. The van der Waals surface area contributed by atoms with Gasteiger partial charge in [-0.05, 0) is 135 Å². The van der Waals surface area contributed by atoms with Crippen molar-refractivity contribution in [3.63, 3.8) is 0 Å². The molecule has 358 valence electrons. The molecule has 1 heteroatoms. The molecule has 0 bridgehead atoms. The summed E-state index contributed by atoms with van der Waals surface area (Å²) in [4.78, 5) is 2.45. The molecule has 0 amide bonds. The van der Waals surface area contributed by atoms with E-state index in [0.29, 0.717) is 0 Å². The average molecular weight is 952 g/mol. The zero-order valence-electron chi connectivity index (χ0n) is 43.3. The predicted octanol–water partition coefficient (Wildman–Crippen LogP) is 19.9. The molecule has 0 saturated carbocycles. The summed E-state index contributed by atoms with van der Waals surface area (Å²) >= 11 is 0. The molecule has 0 spiro atoms. The normalized spacial score (nSPS) is 12.8. The monoisotopic (exact) mass is 951 g/mol. The topological polar surface area (TPSA) is 3.24 Å². The third kappa shape index (κ3) is 8.05. The zero-order valence-corrected chi connectivity index (χ0v) is 43.3. The Labute approximate surface area is 438 Å². The SMILES string of the molecule is CC(C)(C)c1cc(-c2cccc3cccc(-c4ccccc4N(c4ccc(-c5ccccc5)cc4)c4ccc(-c5cccc6c5-c5ccccc5C6(c5ccccc5)c5ccccc5)cc4)c23)cc(C(C)(C)C)c1. The number of nitrogens with zero attached hydrogens (tertiary/aromatic N) is 1. The largest absolute Gasteiger partial charge is 0.310 e. The van der Waals surface area contributed by atoms with Gasteiger partial charge in [-0.1, -0.05) is 272 Å². The van der Waals surface area contributed by atoms with Crippen LogP contribution in [0.15, 0.2) is 261 Å². The van der Waals surface area contributed by atoms with Crippen molar-refractivity contribution in [1.29, 1.82) is 0 Å². The molecule has 0 unspecified atom stereocenters. The summed E-state index contributed by atoms with van der Waals surface area (Å²) in [5.74, 6) is 0. The van der Waals surface area contributed by atoms with Crippen LogP contribution in [0.2, 0.25) is 0 Å². The second-order valence-corrected chi connectivity index (χ2v) is 22.1. The van der Waals surface area contributed by atoms with Gasteiger partial charge < -0.3 is 4.90 Å². The van der Waals surface area contributed by atoms with E-state index < -0.39 is 5.41 Å². The van der Waals surface area contributed by atoms with Crippen molar-refractivity contribution >= 4 is 27.8 Å². The number of para-hydroxylation sites is 1. The Morgan fingerprint density at radius 1 is 0.311 bits per heavy atom. The first-order chi connectivity index (χ1) is 36.0. The lowest BCUT2D eigenvalue weighted by Gasteiger charge is -2.34. The average Bonchev–Trinajstić information content (AvgIpc) is 3.75. The molecule has 1 aliphatic carbocycles. The third-order valence-electron chi connectivity index (χ3n) is 15.5. The van der Waals surface area contributed by atoms with Crippen LogP contribution in [-0.2, 0) is 16.2 Å². The van der Waals surface area contributed by atoms with E-state index >= 15 is 0 Å². The standard InChI is InChI=1S/C73H61N/c1-71(2,3)57-47-54(48-58(49-57)72(4,5)6)62-33-20-25-53-26-21-35-64(69(53)62)63-31-17-19-38-68(63)74(59-43-39-51(40-44-59)50-23-10-7-11-24-50)60-45-41-52(42-46-60)61-34-22-37-67-70(61)65-32-16-18-36-66(65)73(67,55-27-12-8-13-28-55)56-29-14-9-15-30-56/h7-49H,1-6H3. The van der Waals surface area contributed by atoms with Gasteiger partial charge in [-0.3, -0.25) is 0 Å². The lowest BCUT2D eigenvalue weighted by Crippen LogP contribution is -2.28. The van der Waals surface area contributed by atoms with Crippen LogP contribution in [0.1, 0.15) is 74.9 Å². The molecule has 0 atom stereocenters. The first kappa shape index (κ1) is 46.5. The van der Waals surface area contributed by atoms with E-state index in [9.17, 15) is 0 Å². The highest BCUT2D eigenvalue weighted by molar-refractivity contribution is 6.09. The maximum Gasteiger partial charge on any atom is 0.0713 e. The van der Waals surface area contributed by atoms with E-state index in [4.69, 9.17) is 0 Å². The van der Waals surface area contributed by atoms with Crippen molar-refractivity contribution < 1.29 is 0 Å². The fourth-order valence-corrected chi connectivity index (χ4v) is 11.7. The summed E-state index contributed by atoms with van der Waals surface area (Å²) in [5.41, 5.74) is 22.8. The number of hydrogen-bond donors (Lipinski definition) is 0. The molecule has 0 aliphatic heterocycles. The van der Waals surface area contributed by atoms with Gasteiger partial charge in [0.1, 0.15) is 0 Å². The molecular formula is C73H61N. The molecule has 11 aromatic rings. The third-order valence-corrected chi connectivity index (χ3v) is 15.5. The van der Waals surface area contributed by atoms with E-state index in [1.807, 2.05) is 0 Å². The van der Waals surface area contributed by atoms with Crippen molar-refractivity contribution in [3.8, 4) is 55.6 Å². The predicted molar refractivity (Wildman–Crippen MR) is 315 cm³/mol. The Morgan fingerprint density at radius 3 is 1.35 bits per heavy atom. The Bertz CT molecular complexity index is 3740. The fraction of sp³-hybridized carbons (Fsp3) is 0.123. The van der Waals surface area contributed by atoms with Gasteiger partial charge in [0.15, 0.2) is 0 Å². The Balaban J connectivity index is 1.03. The molecule has 1 nitrogen and oxygen atoms in total. The minimum absolute atomic E-state index is 0.0118. The van der Waals surface area contributed by atoms with Crippen molar-refractivity contribution in [2.24, 2.45) is 0 Å². The van der Waals surface area contributed by atoms with Gasteiger partial charge in [-0.25, -0.2) is 0 Å². The summed E-state index contributed by atoms with van der Waals surface area (Å²) < 4.78 is 0. The number of fused-ring (bicyclic) bond motifs is 4. The highest BCUT2D eigenvalue weighted by atomic mass is 15.1. The first-order valence-electron chi connectivity index (χ1n) is 26.2. The highest BCUT2D eigenvalue weighted by Crippen LogP contribution is 2.58. The molecule has 74 heavy (non-hydrogen) atoms. The summed E-state index contributed by atoms with van der Waals surface area (Å²) in [6.07, 6.45) is 0. The molecule has 11 aromatic carbocycles. The van der Waals surface area contributed by atoms with Gasteiger partial charge in [0.2, 0.25) is 0 Å². The van der Waals surface area contributed by atoms with Gasteiger partial charge in [0.05, 0.1) is 11.1 Å². The molecule has 0 saturated heterocycles. The minimum Gasteiger partial charge on any atom is -0.310 e. The van der Waals surface area contributed by atoms with Gasteiger partial charge in [-0.15, -0.1) is 0 Å². The van der Waals surface area contributed by atoms with E-state index in [-0.39, 0.29) is 10.8 Å². The summed E-state index contributed by atoms with van der Waals surface area (Å²) in [7, 11) is 0. The van der Waals surface area contributed by atoms with E-state index in [2.05, 4.69) is 307 Å². The van der Waals surface area contributed by atoms with Crippen LogP contribution in [0, 0.1) is 0 Å². The highest BCUT2D eigenvalue weighted by Gasteiger charge is 2.46. The Morgan fingerprint density at radius 2 is 0.757 bits per heavy atom. The molecule has 12 rings (SSSR count). The maximum atomic E-state index is 2.45. The van der Waals surface area contributed by atoms with E-state index in [0.717, 1.165) is 17.1 Å². The summed E-state index contributed by atoms with van der Waals surface area (Å²) in [6.45, 7) is 13.9. The summed E-state index contributed by atoms with van der Waals surface area (Å²) in [5, 5.41) is 2.47. The van der Waals surface area contributed by atoms with Crippen LogP contribution < -0.4 is 4.90 Å². The fourth-order valence-electron chi connectivity index (χ4n) is 11.7. The number of hydrogen-bond acceptors (Lipinski definition) is 1. The zero-order chi connectivity index (χ0) is 50.6. The van der Waals surface area contributed by atoms with Crippen LogP contribution >= 0.6 is 0 Å². The first-order valence-corrected chi connectivity index (χ1v) is 26.2. The van der Waals surface area contributed by atoms with Crippen LogP contribution in [0.25, 0.3) is 66.4 Å². The summed E-state index contributed by atoms with van der Waals surface area (Å²) in [6, 6.07) is 97.0. The smallest absolute Gasteiger partial charge is 0.0713 e. The number of benzene rings is 11. The molecule has 0 aromatic heterocycles. The van der Waals surface area contributed by atoms with Crippen molar-refractivity contribution in [3.05, 3.63) is 294 Å². The second kappa shape index (κ2) is 18.5. The Kier molecular flexibility index (Phi) is 11.6. The lowest BCUT2D eigenvalue weighted by molar-refractivity contribution is 0.569. The van der Waals surface area contributed by atoms with Gasteiger partial charge in [0, 0.05) is 16.9 Å². The lowest BCUT2D eigenvalue weighted by atomic mass is 9.67. The van der Waals surface area contributed by atoms with Crippen molar-refractivity contribution in [2.75, 3.05) is 4.90 Å². The molecule has 0 N–H and O–H groups in total. The van der Waals surface area contributed by atoms with Crippen LogP contribution in [-0.4, -0.2) is 0 Å². The van der Waals surface area contributed by atoms with Crippen LogP contribution in [0.5, 0.6) is 0 Å².